The molecule has 0 saturated heterocycles. The molecule has 1 amide bonds. The standard InChI is InChI=1S/C10H10ClN3OS2/c1-14(4-6-2-3-8(11)17-6)9(15)7-5-16-10(12)13-7/h2-3,5H,4H2,1H3,(H2,12,13). The molecule has 0 radical (unpaired) electrons. The molecule has 0 aliphatic rings. The highest BCUT2D eigenvalue weighted by atomic mass is 35.5. The highest BCUT2D eigenvalue weighted by Gasteiger charge is 2.15. The van der Waals surface area contributed by atoms with Crippen molar-refractivity contribution in [1.82, 2.24) is 9.88 Å². The van der Waals surface area contributed by atoms with E-state index in [1.165, 1.54) is 22.7 Å². The van der Waals surface area contributed by atoms with Crippen LogP contribution in [0.15, 0.2) is 17.5 Å². The van der Waals surface area contributed by atoms with Crippen LogP contribution in [0.3, 0.4) is 0 Å². The number of carbonyl (C=O) groups is 1. The Morgan fingerprint density at radius 1 is 1.59 bits per heavy atom. The largest absolute Gasteiger partial charge is 0.375 e. The number of thiophene rings is 1. The molecule has 2 rings (SSSR count). The van der Waals surface area contributed by atoms with Crippen LogP contribution in [0.5, 0.6) is 0 Å². The Labute approximate surface area is 112 Å². The average molecular weight is 288 g/mol. The number of hydrogen-bond acceptors (Lipinski definition) is 5. The lowest BCUT2D eigenvalue weighted by molar-refractivity contribution is 0.0781. The van der Waals surface area contributed by atoms with E-state index in [9.17, 15) is 4.79 Å². The van der Waals surface area contributed by atoms with Crippen molar-refractivity contribution < 1.29 is 4.79 Å². The van der Waals surface area contributed by atoms with Crippen molar-refractivity contribution >= 4 is 45.3 Å². The van der Waals surface area contributed by atoms with Crippen molar-refractivity contribution in [3.8, 4) is 0 Å². The van der Waals surface area contributed by atoms with Gasteiger partial charge in [-0.15, -0.1) is 22.7 Å². The van der Waals surface area contributed by atoms with E-state index in [1.54, 1.807) is 17.3 Å². The van der Waals surface area contributed by atoms with Gasteiger partial charge in [0.2, 0.25) is 0 Å². The zero-order valence-electron chi connectivity index (χ0n) is 9.01. The molecular formula is C10H10ClN3OS2. The van der Waals surface area contributed by atoms with Crippen LogP contribution in [-0.4, -0.2) is 22.8 Å². The van der Waals surface area contributed by atoms with Crippen LogP contribution < -0.4 is 5.73 Å². The van der Waals surface area contributed by atoms with Crippen LogP contribution in [-0.2, 0) is 6.54 Å². The number of anilines is 1. The molecule has 17 heavy (non-hydrogen) atoms. The van der Waals surface area contributed by atoms with E-state index in [0.717, 1.165) is 9.21 Å². The Morgan fingerprint density at radius 2 is 2.35 bits per heavy atom. The molecule has 0 spiro atoms. The molecule has 0 aliphatic heterocycles. The number of carbonyl (C=O) groups excluding carboxylic acids is 1. The quantitative estimate of drug-likeness (QED) is 0.944. The topological polar surface area (TPSA) is 59.2 Å². The van der Waals surface area contributed by atoms with Crippen LogP contribution >= 0.6 is 34.3 Å². The highest BCUT2D eigenvalue weighted by Crippen LogP contribution is 2.23. The highest BCUT2D eigenvalue weighted by molar-refractivity contribution is 7.16. The average Bonchev–Trinajstić information content (AvgIpc) is 2.87. The van der Waals surface area contributed by atoms with E-state index in [1.807, 2.05) is 12.1 Å². The Kier molecular flexibility index (Phi) is 3.66. The van der Waals surface area contributed by atoms with E-state index < -0.39 is 0 Å². The van der Waals surface area contributed by atoms with Gasteiger partial charge in [-0.3, -0.25) is 4.79 Å². The number of thiazole rings is 1. The molecule has 0 fully saturated rings. The number of nitrogen functional groups attached to an aromatic ring is 1. The van der Waals surface area contributed by atoms with Gasteiger partial charge < -0.3 is 10.6 Å². The summed E-state index contributed by atoms with van der Waals surface area (Å²) >= 11 is 8.56. The van der Waals surface area contributed by atoms with Gasteiger partial charge in [0, 0.05) is 17.3 Å². The summed E-state index contributed by atoms with van der Waals surface area (Å²) < 4.78 is 0.721. The van der Waals surface area contributed by atoms with Gasteiger partial charge in [0.15, 0.2) is 5.13 Å². The van der Waals surface area contributed by atoms with Gasteiger partial charge in [-0.1, -0.05) is 11.6 Å². The first-order valence-corrected chi connectivity index (χ1v) is 6.84. The van der Waals surface area contributed by atoms with Crippen molar-refractivity contribution in [2.24, 2.45) is 0 Å². The fraction of sp³-hybridized carbons (Fsp3) is 0.200. The van der Waals surface area contributed by atoms with Crippen LogP contribution in [0, 0.1) is 0 Å². The molecule has 2 N–H and O–H groups in total. The lowest BCUT2D eigenvalue weighted by atomic mass is 10.4. The predicted octanol–water partition coefficient (Wildman–Crippen LogP) is 2.71. The predicted molar refractivity (Wildman–Crippen MR) is 71.7 cm³/mol. The second-order valence-electron chi connectivity index (χ2n) is 3.44. The van der Waals surface area contributed by atoms with Crippen LogP contribution in [0.25, 0.3) is 0 Å². The van der Waals surface area contributed by atoms with Crippen molar-refractivity contribution in [2.75, 3.05) is 12.8 Å². The second-order valence-corrected chi connectivity index (χ2v) is 6.13. The Balaban J connectivity index is 2.05. The van der Waals surface area contributed by atoms with Gasteiger partial charge in [0.05, 0.1) is 10.9 Å². The third kappa shape index (κ3) is 2.96. The van der Waals surface area contributed by atoms with Crippen molar-refractivity contribution in [1.29, 1.82) is 0 Å². The molecule has 4 nitrogen and oxygen atoms in total. The summed E-state index contributed by atoms with van der Waals surface area (Å²) in [5.41, 5.74) is 5.88. The summed E-state index contributed by atoms with van der Waals surface area (Å²) in [6, 6.07) is 3.73. The molecule has 90 valence electrons. The first-order chi connectivity index (χ1) is 8.06. The third-order valence-corrected chi connectivity index (χ3v) is 4.00. The first kappa shape index (κ1) is 12.3. The maximum absolute atomic E-state index is 12.0. The van der Waals surface area contributed by atoms with Gasteiger partial charge in [-0.05, 0) is 12.1 Å². The minimum Gasteiger partial charge on any atom is -0.375 e. The molecule has 2 aromatic heterocycles. The summed E-state index contributed by atoms with van der Waals surface area (Å²) in [6.07, 6.45) is 0. The van der Waals surface area contributed by atoms with E-state index >= 15 is 0 Å². The molecule has 0 unspecified atom stereocenters. The normalized spacial score (nSPS) is 10.5. The zero-order chi connectivity index (χ0) is 12.4. The lowest BCUT2D eigenvalue weighted by Gasteiger charge is -2.14. The number of rotatable bonds is 3. The SMILES string of the molecule is CN(Cc1ccc(Cl)s1)C(=O)c1csc(N)n1. The van der Waals surface area contributed by atoms with Crippen molar-refractivity contribution in [3.63, 3.8) is 0 Å². The van der Waals surface area contributed by atoms with Gasteiger partial charge >= 0.3 is 0 Å². The van der Waals surface area contributed by atoms with Gasteiger partial charge in [-0.25, -0.2) is 4.98 Å². The summed E-state index contributed by atoms with van der Waals surface area (Å²) in [6.45, 7) is 0.521. The first-order valence-electron chi connectivity index (χ1n) is 4.77. The number of nitrogens with zero attached hydrogens (tertiary/aromatic N) is 2. The lowest BCUT2D eigenvalue weighted by Crippen LogP contribution is -2.26. The van der Waals surface area contributed by atoms with Crippen LogP contribution in [0.2, 0.25) is 4.34 Å². The summed E-state index contributed by atoms with van der Waals surface area (Å²) in [7, 11) is 1.73. The number of hydrogen-bond donors (Lipinski definition) is 1. The van der Waals surface area contributed by atoms with E-state index in [2.05, 4.69) is 4.98 Å². The Morgan fingerprint density at radius 3 is 2.88 bits per heavy atom. The Hall–Kier alpha value is -1.11. The van der Waals surface area contributed by atoms with Crippen molar-refractivity contribution in [2.45, 2.75) is 6.54 Å². The minimum atomic E-state index is -0.137. The second kappa shape index (κ2) is 5.03. The van der Waals surface area contributed by atoms with Crippen LogP contribution in [0.1, 0.15) is 15.4 Å². The maximum atomic E-state index is 12.0. The van der Waals surface area contributed by atoms with Crippen LogP contribution in [0.4, 0.5) is 5.13 Å². The summed E-state index contributed by atoms with van der Waals surface area (Å²) in [5, 5.41) is 2.07. The smallest absolute Gasteiger partial charge is 0.273 e. The van der Waals surface area contributed by atoms with Gasteiger partial charge in [0.1, 0.15) is 5.69 Å². The summed E-state index contributed by atoms with van der Waals surface area (Å²) in [4.78, 5) is 18.5. The molecule has 0 bridgehead atoms. The fourth-order valence-electron chi connectivity index (χ4n) is 1.32. The molecular weight excluding hydrogens is 278 g/mol. The van der Waals surface area contributed by atoms with Crippen molar-refractivity contribution in [3.05, 3.63) is 32.4 Å². The molecule has 0 aromatic carbocycles. The van der Waals surface area contributed by atoms with Gasteiger partial charge in [0.25, 0.3) is 5.91 Å². The fourth-order valence-corrected chi connectivity index (χ4v) is 3.00. The molecule has 7 heteroatoms. The minimum absolute atomic E-state index is 0.137. The molecule has 0 saturated carbocycles. The number of aromatic nitrogens is 1. The maximum Gasteiger partial charge on any atom is 0.273 e. The number of nitrogens with two attached hydrogens (primary N) is 1. The molecule has 2 aromatic rings. The van der Waals surface area contributed by atoms with E-state index in [4.69, 9.17) is 17.3 Å². The summed E-state index contributed by atoms with van der Waals surface area (Å²) in [5.74, 6) is -0.137. The van der Waals surface area contributed by atoms with Gasteiger partial charge in [-0.2, -0.15) is 0 Å². The van der Waals surface area contributed by atoms with E-state index in [0.29, 0.717) is 17.4 Å². The zero-order valence-corrected chi connectivity index (χ0v) is 11.4. The number of amides is 1. The molecule has 2 heterocycles. The molecule has 0 aliphatic carbocycles. The Bertz CT molecular complexity index is 537. The monoisotopic (exact) mass is 287 g/mol. The third-order valence-electron chi connectivity index (χ3n) is 2.11. The van der Waals surface area contributed by atoms with E-state index in [-0.39, 0.29) is 5.91 Å². The molecule has 0 atom stereocenters. The number of halogens is 1.